The van der Waals surface area contributed by atoms with Crippen molar-refractivity contribution in [2.45, 2.75) is 13.0 Å². The Kier molecular flexibility index (Phi) is 4.24. The highest BCUT2D eigenvalue weighted by Gasteiger charge is 2.06. The normalized spacial score (nSPS) is 12.7. The van der Waals surface area contributed by atoms with Crippen molar-refractivity contribution in [1.29, 1.82) is 0 Å². The highest BCUT2D eigenvalue weighted by Crippen LogP contribution is 2.19. The molecule has 106 valence electrons. The van der Waals surface area contributed by atoms with Crippen LogP contribution >= 0.6 is 0 Å². The maximum Gasteiger partial charge on any atom is 0.229 e. The molecule has 5 nitrogen and oxygen atoms in total. The van der Waals surface area contributed by atoms with E-state index in [1.54, 1.807) is 18.3 Å². The Morgan fingerprint density at radius 3 is 2.25 bits per heavy atom. The Labute approximate surface area is 119 Å². The number of nitrogens with one attached hydrogen (secondary N) is 2. The lowest BCUT2D eigenvalue weighted by Gasteiger charge is -2.15. The van der Waals surface area contributed by atoms with Gasteiger partial charge in [0.05, 0.1) is 18.0 Å². The second kappa shape index (κ2) is 5.92. The summed E-state index contributed by atoms with van der Waals surface area (Å²) in [6, 6.07) is 12.9. The van der Waals surface area contributed by atoms with Crippen LogP contribution in [0.15, 0.2) is 48.7 Å². The fraction of sp³-hybridized carbons (Fsp3) is 0.214. The van der Waals surface area contributed by atoms with Crippen LogP contribution in [0, 0.1) is 0 Å². The van der Waals surface area contributed by atoms with E-state index in [4.69, 9.17) is 0 Å². The van der Waals surface area contributed by atoms with Gasteiger partial charge in [0.1, 0.15) is 0 Å². The highest BCUT2D eigenvalue weighted by atomic mass is 32.2. The van der Waals surface area contributed by atoms with Crippen LogP contribution in [0.25, 0.3) is 0 Å². The van der Waals surface area contributed by atoms with Crippen LogP contribution in [0.3, 0.4) is 0 Å². The minimum absolute atomic E-state index is 0.0740. The average Bonchev–Trinajstić information content (AvgIpc) is 2.40. The molecule has 0 aliphatic rings. The smallest absolute Gasteiger partial charge is 0.229 e. The molecule has 0 radical (unpaired) electrons. The Balaban J connectivity index is 2.04. The summed E-state index contributed by atoms with van der Waals surface area (Å²) in [6.45, 7) is 2.02. The molecule has 1 aromatic carbocycles. The van der Waals surface area contributed by atoms with Gasteiger partial charge in [-0.1, -0.05) is 6.07 Å². The minimum Gasteiger partial charge on any atom is -0.377 e. The van der Waals surface area contributed by atoms with Gasteiger partial charge in [-0.05, 0) is 43.3 Å². The van der Waals surface area contributed by atoms with Gasteiger partial charge in [0.25, 0.3) is 0 Å². The molecule has 0 aliphatic heterocycles. The molecule has 2 rings (SSSR count). The van der Waals surface area contributed by atoms with E-state index < -0.39 is 10.0 Å². The fourth-order valence-corrected chi connectivity index (χ4v) is 2.37. The number of aromatic nitrogens is 1. The summed E-state index contributed by atoms with van der Waals surface area (Å²) in [5.41, 5.74) is 2.40. The van der Waals surface area contributed by atoms with Gasteiger partial charge in [-0.2, -0.15) is 0 Å². The SMILES string of the molecule is CC(Nc1ccc(NS(C)(=O)=O)cc1)c1ccccn1. The van der Waals surface area contributed by atoms with Crippen molar-refractivity contribution in [3.63, 3.8) is 0 Å². The molecule has 2 N–H and O–H groups in total. The standard InChI is InChI=1S/C14H17N3O2S/c1-11(14-5-3-4-10-15-14)16-12-6-8-13(9-7-12)17-20(2,18)19/h3-11,16-17H,1-2H3. The first kappa shape index (κ1) is 14.3. The van der Waals surface area contributed by atoms with Crippen molar-refractivity contribution in [3.8, 4) is 0 Å². The lowest BCUT2D eigenvalue weighted by atomic mass is 10.2. The molecule has 0 bridgehead atoms. The van der Waals surface area contributed by atoms with Crippen LogP contribution in [0.4, 0.5) is 11.4 Å². The second-order valence-electron chi connectivity index (χ2n) is 4.57. The third-order valence-electron chi connectivity index (χ3n) is 2.70. The quantitative estimate of drug-likeness (QED) is 0.888. The molecule has 0 amide bonds. The van der Waals surface area contributed by atoms with Gasteiger partial charge in [-0.3, -0.25) is 9.71 Å². The number of sulfonamides is 1. The molecule has 1 heterocycles. The number of anilines is 2. The number of benzene rings is 1. The van der Waals surface area contributed by atoms with Gasteiger partial charge < -0.3 is 5.32 Å². The van der Waals surface area contributed by atoms with Gasteiger partial charge in [-0.25, -0.2) is 8.42 Å². The first-order valence-corrected chi connectivity index (χ1v) is 8.08. The third kappa shape index (κ3) is 4.24. The number of pyridine rings is 1. The van der Waals surface area contributed by atoms with Crippen LogP contribution in [-0.4, -0.2) is 19.7 Å². The topological polar surface area (TPSA) is 71.1 Å². The maximum atomic E-state index is 11.1. The predicted octanol–water partition coefficient (Wildman–Crippen LogP) is 2.63. The number of rotatable bonds is 5. The summed E-state index contributed by atoms with van der Waals surface area (Å²) >= 11 is 0. The van der Waals surface area contributed by atoms with Crippen molar-refractivity contribution in [2.75, 3.05) is 16.3 Å². The zero-order valence-electron chi connectivity index (χ0n) is 11.4. The maximum absolute atomic E-state index is 11.1. The largest absolute Gasteiger partial charge is 0.377 e. The van der Waals surface area contributed by atoms with Crippen LogP contribution in [-0.2, 0) is 10.0 Å². The van der Waals surface area contributed by atoms with Crippen LogP contribution in [0.2, 0.25) is 0 Å². The minimum atomic E-state index is -3.24. The summed E-state index contributed by atoms with van der Waals surface area (Å²) in [4.78, 5) is 4.29. The third-order valence-corrected chi connectivity index (χ3v) is 3.31. The molecule has 0 fully saturated rings. The lowest BCUT2D eigenvalue weighted by Crippen LogP contribution is -2.10. The molecule has 1 unspecified atom stereocenters. The van der Waals surface area contributed by atoms with Crippen molar-refractivity contribution in [2.24, 2.45) is 0 Å². The highest BCUT2D eigenvalue weighted by molar-refractivity contribution is 7.92. The van der Waals surface area contributed by atoms with Gasteiger partial charge in [0.2, 0.25) is 10.0 Å². The number of nitrogens with zero attached hydrogens (tertiary/aromatic N) is 1. The van der Waals surface area contributed by atoms with E-state index in [2.05, 4.69) is 15.0 Å². The Morgan fingerprint density at radius 2 is 1.70 bits per heavy atom. The van der Waals surface area contributed by atoms with Gasteiger partial charge in [0, 0.05) is 17.6 Å². The first-order chi connectivity index (χ1) is 9.44. The molecule has 0 saturated carbocycles. The lowest BCUT2D eigenvalue weighted by molar-refractivity contribution is 0.607. The van der Waals surface area contributed by atoms with Gasteiger partial charge in [0.15, 0.2) is 0 Å². The van der Waals surface area contributed by atoms with Crippen LogP contribution in [0.5, 0.6) is 0 Å². The van der Waals surface area contributed by atoms with Crippen LogP contribution in [0.1, 0.15) is 18.7 Å². The van der Waals surface area contributed by atoms with Crippen molar-refractivity contribution in [1.82, 2.24) is 4.98 Å². The van der Waals surface area contributed by atoms with Gasteiger partial charge in [-0.15, -0.1) is 0 Å². The molecule has 0 spiro atoms. The summed E-state index contributed by atoms with van der Waals surface area (Å²) in [6.07, 6.45) is 2.88. The summed E-state index contributed by atoms with van der Waals surface area (Å²) in [5.74, 6) is 0. The number of hydrogen-bond donors (Lipinski definition) is 2. The van der Waals surface area contributed by atoms with Crippen molar-refractivity contribution < 1.29 is 8.42 Å². The van der Waals surface area contributed by atoms with E-state index in [9.17, 15) is 8.42 Å². The first-order valence-electron chi connectivity index (χ1n) is 6.19. The van der Waals surface area contributed by atoms with Crippen molar-refractivity contribution >= 4 is 21.4 Å². The predicted molar refractivity (Wildman–Crippen MR) is 81.2 cm³/mol. The average molecular weight is 291 g/mol. The molecule has 2 aromatic rings. The zero-order chi connectivity index (χ0) is 14.6. The Morgan fingerprint density at radius 1 is 1.05 bits per heavy atom. The molecule has 1 aromatic heterocycles. The Bertz CT molecular complexity index is 655. The van der Waals surface area contributed by atoms with E-state index in [0.29, 0.717) is 5.69 Å². The van der Waals surface area contributed by atoms with E-state index in [-0.39, 0.29) is 6.04 Å². The van der Waals surface area contributed by atoms with E-state index in [1.807, 2.05) is 37.3 Å². The molecular weight excluding hydrogens is 274 g/mol. The zero-order valence-corrected chi connectivity index (χ0v) is 12.2. The second-order valence-corrected chi connectivity index (χ2v) is 6.32. The van der Waals surface area contributed by atoms with Crippen LogP contribution < -0.4 is 10.0 Å². The molecule has 0 aliphatic carbocycles. The molecular formula is C14H17N3O2S. The van der Waals surface area contributed by atoms with Gasteiger partial charge >= 0.3 is 0 Å². The molecule has 0 saturated heterocycles. The Hall–Kier alpha value is -2.08. The van der Waals surface area contributed by atoms with E-state index in [1.165, 1.54) is 0 Å². The molecule has 20 heavy (non-hydrogen) atoms. The molecule has 6 heteroatoms. The van der Waals surface area contributed by atoms with E-state index in [0.717, 1.165) is 17.6 Å². The fourth-order valence-electron chi connectivity index (χ4n) is 1.80. The summed E-state index contributed by atoms with van der Waals surface area (Å²) in [5, 5.41) is 3.31. The van der Waals surface area contributed by atoms with Crippen molar-refractivity contribution in [3.05, 3.63) is 54.4 Å². The number of hydrogen-bond acceptors (Lipinski definition) is 4. The van der Waals surface area contributed by atoms with E-state index >= 15 is 0 Å². The monoisotopic (exact) mass is 291 g/mol. The summed E-state index contributed by atoms with van der Waals surface area (Å²) in [7, 11) is -3.24. The molecule has 1 atom stereocenters. The summed E-state index contributed by atoms with van der Waals surface area (Å²) < 4.78 is 24.7.